The summed E-state index contributed by atoms with van der Waals surface area (Å²) in [4.78, 5) is 15.5. The number of sulfone groups is 2. The first-order valence-corrected chi connectivity index (χ1v) is 19.6. The molecule has 0 radical (unpaired) electrons. The van der Waals surface area contributed by atoms with Crippen molar-refractivity contribution in [2.24, 2.45) is 0 Å². The summed E-state index contributed by atoms with van der Waals surface area (Å²) >= 11 is 0. The van der Waals surface area contributed by atoms with E-state index >= 15 is 0 Å². The van der Waals surface area contributed by atoms with E-state index in [2.05, 4.69) is 19.9 Å². The van der Waals surface area contributed by atoms with E-state index in [0.29, 0.717) is 34.3 Å². The summed E-state index contributed by atoms with van der Waals surface area (Å²) < 4.78 is 66.4. The zero-order chi connectivity index (χ0) is 34.1. The first-order chi connectivity index (χ1) is 23.0. The van der Waals surface area contributed by atoms with E-state index in [0.717, 1.165) is 32.7 Å². The van der Waals surface area contributed by atoms with Gasteiger partial charge in [-0.05, 0) is 108 Å². The Balaban J connectivity index is 0.00000468. The Labute approximate surface area is 292 Å². The van der Waals surface area contributed by atoms with Crippen molar-refractivity contribution in [3.05, 3.63) is 108 Å². The Bertz CT molecular complexity index is 2120. The van der Waals surface area contributed by atoms with Gasteiger partial charge in [-0.25, -0.2) is 26.8 Å². The largest absolute Gasteiger partial charge is 0.497 e. The molecule has 0 spiro atoms. The Morgan fingerprint density at radius 2 is 0.857 bits per heavy atom. The zero-order valence-corrected chi connectivity index (χ0v) is 30.0. The molecule has 0 aliphatic heterocycles. The second-order valence-electron chi connectivity index (χ2n) is 10.7. The Morgan fingerprint density at radius 3 is 1.16 bits per heavy atom. The van der Waals surface area contributed by atoms with Gasteiger partial charge in [0.05, 0.1) is 24.0 Å². The Hall–Kier alpha value is -4.54. The van der Waals surface area contributed by atoms with Gasteiger partial charge in [0.25, 0.3) is 0 Å². The van der Waals surface area contributed by atoms with E-state index in [-0.39, 0.29) is 35.4 Å². The van der Waals surface area contributed by atoms with Gasteiger partial charge in [-0.1, -0.05) is 35.4 Å². The molecule has 6 rings (SSSR count). The summed E-state index contributed by atoms with van der Waals surface area (Å²) in [6, 6.07) is 27.1. The van der Waals surface area contributed by atoms with Gasteiger partial charge in [0.2, 0.25) is 19.7 Å². The van der Waals surface area contributed by atoms with E-state index in [4.69, 9.17) is 9.47 Å². The summed E-state index contributed by atoms with van der Waals surface area (Å²) in [6.07, 6.45) is 0. The van der Waals surface area contributed by atoms with Crippen LogP contribution in [0.15, 0.2) is 127 Å². The fraction of sp³-hybridized carbons (Fsp3) is 0.118. The number of aryl methyl sites for hydroxylation is 2. The monoisotopic (exact) mass is 736 g/mol. The van der Waals surface area contributed by atoms with Crippen LogP contribution in [0.25, 0.3) is 22.8 Å². The average Bonchev–Trinajstić information content (AvgIpc) is 3.74. The number of hydrogen-bond donors (Lipinski definition) is 2. The molecule has 0 aliphatic carbocycles. The van der Waals surface area contributed by atoms with Gasteiger partial charge in [-0.15, -0.1) is 0 Å². The third-order valence-corrected chi connectivity index (χ3v) is 13.3. The summed E-state index contributed by atoms with van der Waals surface area (Å²) in [7, 11) is -3.01. The molecule has 2 heterocycles. The van der Waals surface area contributed by atoms with Crippen molar-refractivity contribution in [2.75, 3.05) is 14.2 Å². The topological polar surface area (TPSA) is 176 Å². The lowest BCUT2D eigenvalue weighted by Crippen LogP contribution is -2.04. The van der Waals surface area contributed by atoms with Gasteiger partial charge in [0.15, 0.2) is 10.1 Å². The van der Waals surface area contributed by atoms with Crippen LogP contribution in [0.4, 0.5) is 0 Å². The van der Waals surface area contributed by atoms with Gasteiger partial charge in [-0.3, -0.25) is 0 Å². The maximum absolute atomic E-state index is 14.0. The summed E-state index contributed by atoms with van der Waals surface area (Å²) in [5, 5.41) is 0.0326. The lowest BCUT2D eigenvalue weighted by atomic mass is 10.2. The molecule has 0 unspecified atom stereocenters. The molecule has 15 heteroatoms. The van der Waals surface area contributed by atoms with Crippen molar-refractivity contribution in [3.8, 4) is 34.3 Å². The molecule has 0 bridgehead atoms. The molecule has 4 aromatic carbocycles. The average molecular weight is 737 g/mol. The number of nitrogens with one attached hydrogen (secondary N) is 2. The summed E-state index contributed by atoms with van der Waals surface area (Å²) in [5.74, 6) is 1.91. The van der Waals surface area contributed by atoms with Crippen LogP contribution in [0.3, 0.4) is 0 Å². The first kappa shape index (κ1) is 35.8. The number of benzene rings is 4. The maximum Gasteiger partial charge on any atom is 0.224 e. The molecule has 6 aromatic rings. The van der Waals surface area contributed by atoms with Gasteiger partial charge in [0, 0.05) is 11.1 Å². The van der Waals surface area contributed by atoms with Crippen LogP contribution in [0.2, 0.25) is 0 Å². The van der Waals surface area contributed by atoms with E-state index in [1.54, 1.807) is 111 Å². The third kappa shape index (κ3) is 7.40. The minimum absolute atomic E-state index is 0. The molecule has 0 fully saturated rings. The van der Waals surface area contributed by atoms with Crippen molar-refractivity contribution in [1.82, 2.24) is 19.9 Å². The highest BCUT2D eigenvalue weighted by molar-refractivity contribution is 8.76. The molecular formula is C34H32N4O7S4. The lowest BCUT2D eigenvalue weighted by Gasteiger charge is -2.06. The number of ether oxygens (including phenoxy) is 2. The summed E-state index contributed by atoms with van der Waals surface area (Å²) in [5.41, 5.74) is 3.10. The van der Waals surface area contributed by atoms with Crippen LogP contribution in [0, 0.1) is 13.8 Å². The van der Waals surface area contributed by atoms with Crippen molar-refractivity contribution >= 4 is 41.3 Å². The first-order valence-electron chi connectivity index (χ1n) is 14.5. The third-order valence-electron chi connectivity index (χ3n) is 7.41. The SMILES string of the molecule is COc1ccc(-c2nc(SSc3nc(-c4ccc(OC)cc4)[nH]c3S(=O)(=O)c3ccc(C)cc3)c(S(=O)(=O)c3ccc(C)cc3)[nH]2)cc1.O. The predicted molar refractivity (Wildman–Crippen MR) is 190 cm³/mol. The molecule has 0 atom stereocenters. The number of methoxy groups -OCH3 is 2. The minimum atomic E-state index is -4.06. The van der Waals surface area contributed by atoms with Crippen LogP contribution in [-0.4, -0.2) is 56.5 Å². The smallest absolute Gasteiger partial charge is 0.224 e. The highest BCUT2D eigenvalue weighted by atomic mass is 33.1. The van der Waals surface area contributed by atoms with Gasteiger partial charge in [-0.2, -0.15) is 0 Å². The Morgan fingerprint density at radius 1 is 0.531 bits per heavy atom. The number of nitrogens with zero attached hydrogens (tertiary/aromatic N) is 2. The number of aromatic nitrogens is 4. The molecule has 0 amide bonds. The number of H-pyrrole nitrogens is 2. The zero-order valence-electron chi connectivity index (χ0n) is 26.7. The van der Waals surface area contributed by atoms with Crippen molar-refractivity contribution in [3.63, 3.8) is 0 Å². The minimum Gasteiger partial charge on any atom is -0.497 e. The van der Waals surface area contributed by atoms with Gasteiger partial charge < -0.3 is 24.9 Å². The molecule has 2 aromatic heterocycles. The van der Waals surface area contributed by atoms with E-state index < -0.39 is 19.7 Å². The normalized spacial score (nSPS) is 11.6. The van der Waals surface area contributed by atoms with Crippen molar-refractivity contribution in [1.29, 1.82) is 0 Å². The molecular weight excluding hydrogens is 705 g/mol. The number of imidazole rings is 2. The van der Waals surface area contributed by atoms with Crippen LogP contribution in [-0.2, 0) is 19.7 Å². The molecule has 0 saturated carbocycles. The molecule has 0 saturated heterocycles. The second kappa shape index (κ2) is 14.5. The number of hydrogen-bond acceptors (Lipinski definition) is 10. The van der Waals surface area contributed by atoms with Crippen LogP contribution in [0.1, 0.15) is 11.1 Å². The quantitative estimate of drug-likeness (QED) is 0.136. The number of aromatic amines is 2. The van der Waals surface area contributed by atoms with Crippen LogP contribution < -0.4 is 9.47 Å². The van der Waals surface area contributed by atoms with Crippen LogP contribution in [0.5, 0.6) is 11.5 Å². The van der Waals surface area contributed by atoms with Gasteiger partial charge in [0.1, 0.15) is 33.2 Å². The molecule has 49 heavy (non-hydrogen) atoms. The Kier molecular flexibility index (Phi) is 10.6. The molecule has 254 valence electrons. The molecule has 4 N–H and O–H groups in total. The highest BCUT2D eigenvalue weighted by Gasteiger charge is 2.30. The molecule has 0 aliphatic rings. The fourth-order valence-corrected chi connectivity index (χ4v) is 10.2. The predicted octanol–water partition coefficient (Wildman–Crippen LogP) is 6.74. The van der Waals surface area contributed by atoms with Gasteiger partial charge >= 0.3 is 0 Å². The van der Waals surface area contributed by atoms with Crippen molar-refractivity contribution < 1.29 is 31.8 Å². The standard InChI is InChI=1S/C34H30N4O6S4.H2O/c1-21-5-17-27(18-6-21)47(39,40)33-31(35-29(37-33)23-9-13-25(43-3)14-10-23)45-46-32-34(48(41,42)28-19-7-22(2)8-20-28)38-30(36-32)24-11-15-26(44-4)16-12-24;/h5-20H,1-4H3,(H,35,37)(H,36,38);1H2. The highest BCUT2D eigenvalue weighted by Crippen LogP contribution is 2.44. The number of rotatable bonds is 11. The second-order valence-corrected chi connectivity index (χ2v) is 16.6. The van der Waals surface area contributed by atoms with Crippen LogP contribution >= 0.6 is 21.6 Å². The van der Waals surface area contributed by atoms with E-state index in [1.807, 2.05) is 13.8 Å². The fourth-order valence-electron chi connectivity index (χ4n) is 4.68. The van der Waals surface area contributed by atoms with E-state index in [9.17, 15) is 16.8 Å². The molecule has 11 nitrogen and oxygen atoms in total. The summed E-state index contributed by atoms with van der Waals surface area (Å²) in [6.45, 7) is 3.75. The van der Waals surface area contributed by atoms with Crippen molar-refractivity contribution in [2.45, 2.75) is 43.7 Å². The lowest BCUT2D eigenvalue weighted by molar-refractivity contribution is 0.414. The maximum atomic E-state index is 14.0. The van der Waals surface area contributed by atoms with E-state index in [1.165, 1.54) is 0 Å².